The van der Waals surface area contributed by atoms with Crippen LogP contribution >= 0.6 is 0 Å². The Kier molecular flexibility index (Phi) is 6.83. The van der Waals surface area contributed by atoms with Crippen molar-refractivity contribution in [1.29, 1.82) is 5.26 Å². The van der Waals surface area contributed by atoms with Crippen LogP contribution in [-0.2, 0) is 11.2 Å². The summed E-state index contributed by atoms with van der Waals surface area (Å²) in [7, 11) is -1.74. The van der Waals surface area contributed by atoms with Gasteiger partial charge < -0.3 is 20.4 Å². The van der Waals surface area contributed by atoms with Crippen LogP contribution in [0.1, 0.15) is 42.3 Å². The van der Waals surface area contributed by atoms with Crippen LogP contribution in [0, 0.1) is 11.3 Å². The highest BCUT2D eigenvalue weighted by molar-refractivity contribution is 6.32. The largest absolute Gasteiger partial charge is 0.633 e. The maximum Gasteiger partial charge on any atom is 0.633 e. The molecule has 2 rings (SSSR count). The fourth-order valence-electron chi connectivity index (χ4n) is 2.23. The molecule has 0 aliphatic heterocycles. The summed E-state index contributed by atoms with van der Waals surface area (Å²) in [5.41, 5.74) is 7.71. The monoisotopic (exact) mass is 330 g/mol. The number of aromatic nitrogens is 4. The molecule has 1 unspecified atom stereocenters. The number of unbranched alkanes of at least 4 members (excludes halogenated alkanes) is 1. The Morgan fingerprint density at radius 3 is 2.71 bits per heavy atom. The predicted octanol–water partition coefficient (Wildman–Crippen LogP) is -0.251. The Bertz CT molecular complexity index is 670. The molecule has 0 bridgehead atoms. The lowest BCUT2D eigenvalue weighted by Crippen LogP contribution is -2.19. The van der Waals surface area contributed by atoms with Gasteiger partial charge in [-0.1, -0.05) is 12.1 Å². The quantitative estimate of drug-likeness (QED) is 0.422. The summed E-state index contributed by atoms with van der Waals surface area (Å²) in [6.45, 7) is 0.724. The second-order valence-electron chi connectivity index (χ2n) is 5.30. The van der Waals surface area contributed by atoms with E-state index >= 15 is 0 Å². The minimum Gasteiger partial charge on any atom is -0.402 e. The zero-order valence-corrected chi connectivity index (χ0v) is 13.1. The normalized spacial score (nSPS) is 11.9. The van der Waals surface area contributed by atoms with Crippen molar-refractivity contribution in [3.63, 3.8) is 0 Å². The van der Waals surface area contributed by atoms with Gasteiger partial charge in [0.1, 0.15) is 0 Å². The van der Waals surface area contributed by atoms with Gasteiger partial charge in [0.2, 0.25) is 0 Å². The smallest absolute Gasteiger partial charge is 0.402 e. The third kappa shape index (κ3) is 5.40. The summed E-state index contributed by atoms with van der Waals surface area (Å²) in [5.74, 6) is 0.586. The molecule has 0 aliphatic rings. The number of rotatable bonds is 9. The minimum absolute atomic E-state index is 0.251. The van der Waals surface area contributed by atoms with Gasteiger partial charge in [-0.3, -0.25) is 0 Å². The summed E-state index contributed by atoms with van der Waals surface area (Å²) in [5, 5.41) is 37.6. The van der Waals surface area contributed by atoms with Crippen LogP contribution in [0.5, 0.6) is 0 Å². The van der Waals surface area contributed by atoms with Crippen molar-refractivity contribution in [2.75, 3.05) is 6.61 Å². The minimum atomic E-state index is -1.74. The molecule has 24 heavy (non-hydrogen) atoms. The van der Waals surface area contributed by atoms with E-state index in [9.17, 15) is 0 Å². The number of hydrogen-bond donors (Lipinski definition) is 3. The molecule has 10 heteroatoms. The summed E-state index contributed by atoms with van der Waals surface area (Å²) >= 11 is 0. The first-order valence-electron chi connectivity index (χ1n) is 7.58. The number of nitrogens with two attached hydrogens (primary N) is 1. The fraction of sp³-hybridized carbons (Fsp3) is 0.429. The van der Waals surface area contributed by atoms with E-state index < -0.39 is 7.32 Å². The van der Waals surface area contributed by atoms with Gasteiger partial charge in [-0.2, -0.15) is 5.26 Å². The van der Waals surface area contributed by atoms with E-state index in [4.69, 9.17) is 21.0 Å². The van der Waals surface area contributed by atoms with Gasteiger partial charge in [0.25, 0.3) is 0 Å². The SMILES string of the molecule is N#Cc1ccc(Cn2nnnc2C(N)CCCCOB(O)O)cc1. The van der Waals surface area contributed by atoms with Gasteiger partial charge in [-0.05, 0) is 47.4 Å². The average molecular weight is 330 g/mol. The van der Waals surface area contributed by atoms with Crippen LogP contribution in [0.15, 0.2) is 24.3 Å². The van der Waals surface area contributed by atoms with Gasteiger partial charge in [0.05, 0.1) is 24.2 Å². The topological polar surface area (TPSA) is 143 Å². The molecule has 1 aromatic carbocycles. The van der Waals surface area contributed by atoms with Crippen LogP contribution in [0.25, 0.3) is 0 Å². The molecule has 4 N–H and O–H groups in total. The first-order valence-corrected chi connectivity index (χ1v) is 7.58. The van der Waals surface area contributed by atoms with Crippen molar-refractivity contribution in [1.82, 2.24) is 20.2 Å². The summed E-state index contributed by atoms with van der Waals surface area (Å²) in [6, 6.07) is 8.95. The zero-order chi connectivity index (χ0) is 17.4. The Morgan fingerprint density at radius 1 is 1.29 bits per heavy atom. The van der Waals surface area contributed by atoms with Gasteiger partial charge in [0, 0.05) is 6.61 Å². The number of hydrogen-bond acceptors (Lipinski definition) is 8. The molecule has 1 heterocycles. The van der Waals surface area contributed by atoms with E-state index in [-0.39, 0.29) is 12.6 Å². The number of nitrogens with zero attached hydrogens (tertiary/aromatic N) is 5. The molecule has 2 aromatic rings. The van der Waals surface area contributed by atoms with Crippen LogP contribution in [-0.4, -0.2) is 44.2 Å². The highest BCUT2D eigenvalue weighted by Gasteiger charge is 2.15. The molecular weight excluding hydrogens is 311 g/mol. The van der Waals surface area contributed by atoms with Crippen LogP contribution in [0.4, 0.5) is 0 Å². The summed E-state index contributed by atoms with van der Waals surface area (Å²) in [6.07, 6.45) is 2.05. The highest BCUT2D eigenvalue weighted by atomic mass is 16.6. The molecule has 0 amide bonds. The maximum absolute atomic E-state index is 8.81. The molecule has 0 saturated heterocycles. The lowest BCUT2D eigenvalue weighted by Gasteiger charge is -2.12. The van der Waals surface area contributed by atoms with Crippen molar-refractivity contribution in [2.45, 2.75) is 31.8 Å². The molecule has 1 aromatic heterocycles. The van der Waals surface area contributed by atoms with Crippen LogP contribution in [0.3, 0.4) is 0 Å². The van der Waals surface area contributed by atoms with E-state index in [1.807, 2.05) is 12.1 Å². The van der Waals surface area contributed by atoms with Crippen molar-refractivity contribution < 1.29 is 14.7 Å². The second kappa shape index (κ2) is 9.10. The molecule has 9 nitrogen and oxygen atoms in total. The highest BCUT2D eigenvalue weighted by Crippen LogP contribution is 2.15. The van der Waals surface area contributed by atoms with Crippen molar-refractivity contribution in [2.24, 2.45) is 5.73 Å². The lowest BCUT2D eigenvalue weighted by atomic mass is 10.1. The van der Waals surface area contributed by atoms with Gasteiger partial charge in [-0.25, -0.2) is 4.68 Å². The van der Waals surface area contributed by atoms with E-state index in [1.165, 1.54) is 0 Å². The molecule has 0 saturated carbocycles. The first kappa shape index (κ1) is 18.0. The Morgan fingerprint density at radius 2 is 2.04 bits per heavy atom. The number of nitriles is 1. The molecule has 0 aliphatic carbocycles. The van der Waals surface area contributed by atoms with E-state index in [0.717, 1.165) is 12.0 Å². The van der Waals surface area contributed by atoms with Gasteiger partial charge in [0.15, 0.2) is 5.82 Å². The molecule has 1 atom stereocenters. The van der Waals surface area contributed by atoms with Gasteiger partial charge >= 0.3 is 7.32 Å². The lowest BCUT2D eigenvalue weighted by molar-refractivity contribution is 0.181. The third-order valence-electron chi connectivity index (χ3n) is 3.48. The molecule has 0 fully saturated rings. The first-order chi connectivity index (χ1) is 11.6. The Balaban J connectivity index is 1.88. The van der Waals surface area contributed by atoms with Crippen molar-refractivity contribution in [3.8, 4) is 6.07 Å². The van der Waals surface area contributed by atoms with E-state index in [0.29, 0.717) is 30.8 Å². The standard InChI is InChI=1S/C14H19BN6O3/c16-9-11-4-6-12(7-5-11)10-21-14(18-19-20-21)13(17)3-1-2-8-24-15(22)23/h4-7,13,22-23H,1-3,8,10,17H2. The molecule has 126 valence electrons. The Hall–Kier alpha value is -2.32. The van der Waals surface area contributed by atoms with Gasteiger partial charge in [-0.15, -0.1) is 5.10 Å². The third-order valence-corrected chi connectivity index (χ3v) is 3.48. The molecule has 0 spiro atoms. The van der Waals surface area contributed by atoms with Crippen molar-refractivity contribution in [3.05, 3.63) is 41.2 Å². The average Bonchev–Trinajstić information content (AvgIpc) is 3.03. The molecule has 0 radical (unpaired) electrons. The van der Waals surface area contributed by atoms with Crippen LogP contribution < -0.4 is 5.73 Å². The summed E-state index contributed by atoms with van der Waals surface area (Å²) < 4.78 is 6.28. The second-order valence-corrected chi connectivity index (χ2v) is 5.30. The Labute approximate surface area is 139 Å². The van der Waals surface area contributed by atoms with E-state index in [1.54, 1.807) is 16.8 Å². The van der Waals surface area contributed by atoms with Crippen molar-refractivity contribution >= 4 is 7.32 Å². The maximum atomic E-state index is 8.81. The van der Waals surface area contributed by atoms with Crippen LogP contribution in [0.2, 0.25) is 0 Å². The summed E-state index contributed by atoms with van der Waals surface area (Å²) in [4.78, 5) is 0. The van der Waals surface area contributed by atoms with E-state index in [2.05, 4.69) is 26.2 Å². The molecular formula is C14H19BN6O3. The predicted molar refractivity (Wildman–Crippen MR) is 85.0 cm³/mol. The number of benzene rings is 1. The zero-order valence-electron chi connectivity index (χ0n) is 13.1. The fourth-order valence-corrected chi connectivity index (χ4v) is 2.23. The number of tetrazole rings is 1.